The van der Waals surface area contributed by atoms with Crippen LogP contribution in [-0.2, 0) is 20.9 Å². The predicted octanol–water partition coefficient (Wildman–Crippen LogP) is 3.22. The molecule has 1 heterocycles. The van der Waals surface area contributed by atoms with Crippen molar-refractivity contribution in [1.29, 1.82) is 0 Å². The summed E-state index contributed by atoms with van der Waals surface area (Å²) >= 11 is 1.45. The minimum atomic E-state index is -0.276. The molecule has 21 heavy (non-hydrogen) atoms. The molecule has 0 unspecified atom stereocenters. The van der Waals surface area contributed by atoms with Gasteiger partial charge in [0.25, 0.3) is 0 Å². The van der Waals surface area contributed by atoms with E-state index in [1.165, 1.54) is 11.3 Å². The minimum absolute atomic E-state index is 0.0954. The summed E-state index contributed by atoms with van der Waals surface area (Å²) in [6.07, 6.45) is 4.92. The Morgan fingerprint density at radius 3 is 2.90 bits per heavy atom. The summed E-state index contributed by atoms with van der Waals surface area (Å²) in [5.74, 6) is 0.0954. The Labute approximate surface area is 130 Å². The fourth-order valence-corrected chi connectivity index (χ4v) is 3.55. The molecule has 1 fully saturated rings. The van der Waals surface area contributed by atoms with Crippen LogP contribution in [0, 0.1) is 5.41 Å². The largest absolute Gasteiger partial charge is 0.382 e. The molecule has 1 aromatic heterocycles. The molecule has 0 aliphatic heterocycles. The number of carbonyl (C=O) groups is 1. The van der Waals surface area contributed by atoms with Crippen LogP contribution in [0.15, 0.2) is 5.38 Å². The van der Waals surface area contributed by atoms with Crippen LogP contribution in [0.3, 0.4) is 0 Å². The van der Waals surface area contributed by atoms with E-state index in [2.05, 4.69) is 10.3 Å². The zero-order valence-electron chi connectivity index (χ0n) is 12.8. The quantitative estimate of drug-likeness (QED) is 0.749. The van der Waals surface area contributed by atoms with Gasteiger partial charge in [-0.3, -0.25) is 4.79 Å². The van der Waals surface area contributed by atoms with Gasteiger partial charge in [0, 0.05) is 25.7 Å². The summed E-state index contributed by atoms with van der Waals surface area (Å²) in [6.45, 7) is 3.80. The number of hydrogen-bond acceptors (Lipinski definition) is 5. The van der Waals surface area contributed by atoms with Gasteiger partial charge >= 0.3 is 0 Å². The summed E-state index contributed by atoms with van der Waals surface area (Å²) in [5, 5.41) is 5.57. The standard InChI is InChI=1S/C15H24N2O3S/c1-3-20-9-8-15(6-4-5-7-15)13(18)17-14-16-12(10-19-2)11-21-14/h11H,3-10H2,1-2H3,(H,16,17,18). The van der Waals surface area contributed by atoms with Crippen molar-refractivity contribution in [3.8, 4) is 0 Å². The molecule has 0 spiro atoms. The van der Waals surface area contributed by atoms with Crippen molar-refractivity contribution in [3.63, 3.8) is 0 Å². The number of amides is 1. The minimum Gasteiger partial charge on any atom is -0.382 e. The van der Waals surface area contributed by atoms with Gasteiger partial charge in [-0.25, -0.2) is 4.98 Å². The molecule has 6 heteroatoms. The second-order valence-corrected chi connectivity index (χ2v) is 6.32. The second-order valence-electron chi connectivity index (χ2n) is 5.47. The molecule has 0 saturated heterocycles. The molecule has 1 amide bonds. The average Bonchev–Trinajstić information content (AvgIpc) is 3.10. The Kier molecular flexibility index (Phi) is 6.14. The number of nitrogens with zero attached hydrogens (tertiary/aromatic N) is 1. The van der Waals surface area contributed by atoms with Crippen LogP contribution < -0.4 is 5.32 Å². The molecular formula is C15H24N2O3S. The molecule has 1 aromatic rings. The van der Waals surface area contributed by atoms with Gasteiger partial charge in [-0.2, -0.15) is 0 Å². The highest BCUT2D eigenvalue weighted by atomic mass is 32.1. The van der Waals surface area contributed by atoms with Gasteiger partial charge in [0.1, 0.15) is 0 Å². The fraction of sp³-hybridized carbons (Fsp3) is 0.733. The van der Waals surface area contributed by atoms with Crippen LogP contribution in [0.1, 0.15) is 44.7 Å². The van der Waals surface area contributed by atoms with Crippen LogP contribution >= 0.6 is 11.3 Å². The Hall–Kier alpha value is -0.980. The second kappa shape index (κ2) is 7.87. The lowest BCUT2D eigenvalue weighted by molar-refractivity contribution is -0.126. The molecular weight excluding hydrogens is 288 g/mol. The van der Waals surface area contributed by atoms with E-state index in [4.69, 9.17) is 9.47 Å². The summed E-state index contributed by atoms with van der Waals surface area (Å²) in [5.41, 5.74) is 0.579. The van der Waals surface area contributed by atoms with Gasteiger partial charge in [-0.15, -0.1) is 11.3 Å². The van der Waals surface area contributed by atoms with Crippen molar-refractivity contribution in [2.75, 3.05) is 25.6 Å². The summed E-state index contributed by atoms with van der Waals surface area (Å²) in [6, 6.07) is 0. The number of aromatic nitrogens is 1. The molecule has 1 N–H and O–H groups in total. The highest BCUT2D eigenvalue weighted by Crippen LogP contribution is 2.42. The summed E-state index contributed by atoms with van der Waals surface area (Å²) in [7, 11) is 1.64. The monoisotopic (exact) mass is 312 g/mol. The van der Waals surface area contributed by atoms with Crippen molar-refractivity contribution in [3.05, 3.63) is 11.1 Å². The third-order valence-electron chi connectivity index (χ3n) is 4.04. The smallest absolute Gasteiger partial charge is 0.232 e. The topological polar surface area (TPSA) is 60.5 Å². The van der Waals surface area contributed by atoms with E-state index in [0.717, 1.165) is 37.8 Å². The number of methoxy groups -OCH3 is 1. The van der Waals surface area contributed by atoms with Gasteiger partial charge in [0.05, 0.1) is 17.7 Å². The van der Waals surface area contributed by atoms with Gasteiger partial charge in [0.2, 0.25) is 5.91 Å². The lowest BCUT2D eigenvalue weighted by Gasteiger charge is -2.26. The normalized spacial score (nSPS) is 17.0. The number of anilines is 1. The molecule has 118 valence electrons. The molecule has 5 nitrogen and oxygen atoms in total. The maximum absolute atomic E-state index is 12.7. The molecule has 2 rings (SSSR count). The third kappa shape index (κ3) is 4.25. The van der Waals surface area contributed by atoms with Crippen LogP contribution in [0.4, 0.5) is 5.13 Å². The van der Waals surface area contributed by atoms with Gasteiger partial charge < -0.3 is 14.8 Å². The molecule has 0 aromatic carbocycles. The molecule has 1 aliphatic rings. The molecule has 0 atom stereocenters. The van der Waals surface area contributed by atoms with Crippen molar-refractivity contribution in [1.82, 2.24) is 4.98 Å². The fourth-order valence-electron chi connectivity index (χ4n) is 2.86. The van der Waals surface area contributed by atoms with E-state index in [0.29, 0.717) is 25.0 Å². The number of nitrogens with one attached hydrogen (secondary N) is 1. The van der Waals surface area contributed by atoms with Crippen LogP contribution in [-0.4, -0.2) is 31.2 Å². The number of thiazole rings is 1. The zero-order chi connectivity index (χ0) is 15.1. The van der Waals surface area contributed by atoms with Crippen LogP contribution in [0.2, 0.25) is 0 Å². The van der Waals surface area contributed by atoms with E-state index in [1.54, 1.807) is 7.11 Å². The highest BCUT2D eigenvalue weighted by molar-refractivity contribution is 7.13. The number of carbonyl (C=O) groups excluding carboxylic acids is 1. The van der Waals surface area contributed by atoms with Gasteiger partial charge in [-0.05, 0) is 26.2 Å². The Morgan fingerprint density at radius 1 is 1.48 bits per heavy atom. The first-order valence-corrected chi connectivity index (χ1v) is 8.41. The van der Waals surface area contributed by atoms with Crippen molar-refractivity contribution in [2.24, 2.45) is 5.41 Å². The van der Waals surface area contributed by atoms with E-state index < -0.39 is 0 Å². The van der Waals surface area contributed by atoms with E-state index in [9.17, 15) is 4.79 Å². The van der Waals surface area contributed by atoms with E-state index >= 15 is 0 Å². The highest BCUT2D eigenvalue weighted by Gasteiger charge is 2.40. The van der Waals surface area contributed by atoms with Crippen molar-refractivity contribution in [2.45, 2.75) is 45.6 Å². The zero-order valence-corrected chi connectivity index (χ0v) is 13.6. The number of ether oxygens (including phenoxy) is 2. The maximum Gasteiger partial charge on any atom is 0.232 e. The van der Waals surface area contributed by atoms with Crippen LogP contribution in [0.5, 0.6) is 0 Å². The predicted molar refractivity (Wildman–Crippen MR) is 83.5 cm³/mol. The molecule has 0 bridgehead atoms. The van der Waals surface area contributed by atoms with E-state index in [-0.39, 0.29) is 11.3 Å². The summed E-state index contributed by atoms with van der Waals surface area (Å²) < 4.78 is 10.5. The number of rotatable bonds is 8. The third-order valence-corrected chi connectivity index (χ3v) is 4.84. The van der Waals surface area contributed by atoms with Gasteiger partial charge in [-0.1, -0.05) is 12.8 Å². The Bertz CT molecular complexity index is 456. The maximum atomic E-state index is 12.7. The first-order valence-electron chi connectivity index (χ1n) is 7.53. The first kappa shape index (κ1) is 16.4. The first-order chi connectivity index (χ1) is 10.2. The average molecular weight is 312 g/mol. The molecule has 1 aliphatic carbocycles. The lowest BCUT2D eigenvalue weighted by atomic mass is 9.82. The summed E-state index contributed by atoms with van der Waals surface area (Å²) in [4.78, 5) is 17.0. The SMILES string of the molecule is CCOCCC1(C(=O)Nc2nc(COC)cs2)CCCC1. The number of hydrogen-bond donors (Lipinski definition) is 1. The van der Waals surface area contributed by atoms with Crippen molar-refractivity contribution < 1.29 is 14.3 Å². The Morgan fingerprint density at radius 2 is 2.24 bits per heavy atom. The van der Waals surface area contributed by atoms with Gasteiger partial charge in [0.15, 0.2) is 5.13 Å². The molecule has 1 saturated carbocycles. The molecule has 0 radical (unpaired) electrons. The van der Waals surface area contributed by atoms with E-state index in [1.807, 2.05) is 12.3 Å². The van der Waals surface area contributed by atoms with Crippen LogP contribution in [0.25, 0.3) is 0 Å². The van der Waals surface area contributed by atoms with Crippen molar-refractivity contribution >= 4 is 22.4 Å². The Balaban J connectivity index is 1.97. The lowest BCUT2D eigenvalue weighted by Crippen LogP contribution is -2.35.